The van der Waals surface area contributed by atoms with Gasteiger partial charge in [-0.2, -0.15) is 0 Å². The molecule has 0 aliphatic heterocycles. The monoisotopic (exact) mass is 690 g/mol. The molecule has 0 N–H and O–H groups in total. The number of aromatic nitrogens is 4. The molecule has 250 valence electrons. The summed E-state index contributed by atoms with van der Waals surface area (Å²) >= 11 is 0. The molecule has 0 spiro atoms. The second kappa shape index (κ2) is 11.0. The van der Waals surface area contributed by atoms with Crippen LogP contribution < -0.4 is 0 Å². The van der Waals surface area contributed by atoms with E-state index in [9.17, 15) is 0 Å². The van der Waals surface area contributed by atoms with Gasteiger partial charge in [-0.1, -0.05) is 115 Å². The highest BCUT2D eigenvalue weighted by atomic mass is 16.3. The highest BCUT2D eigenvalue weighted by molar-refractivity contribution is 6.31. The van der Waals surface area contributed by atoms with Crippen LogP contribution in [0.4, 0.5) is 0 Å². The number of hydrogen-bond donors (Lipinski definition) is 0. The SMILES string of the molecule is c1ccc(-c2nc3c4cc(-c5nc(-c6ccc7ccccc7c6)nc(-c6ccc7c(ccc8ccccc87)c6)n5)cc5oc6cccc(c3o2)c6c54)cc1. The Morgan fingerprint density at radius 1 is 0.333 bits per heavy atom. The summed E-state index contributed by atoms with van der Waals surface area (Å²) < 4.78 is 13.1. The van der Waals surface area contributed by atoms with E-state index in [1.54, 1.807) is 0 Å². The summed E-state index contributed by atoms with van der Waals surface area (Å²) in [5, 5.41) is 10.9. The summed E-state index contributed by atoms with van der Waals surface area (Å²) in [7, 11) is 0. The smallest absolute Gasteiger partial charge is 0.227 e. The number of fused-ring (bicyclic) bond motifs is 7. The standard InChI is InChI=1S/C48H26N4O2/c1-2-11-29(12-3-1)48-49-43-38-25-34(26-40-42(38)41-37(44(43)54-48)15-8-16-39(41)53-40)47-51-45(32-20-17-27-9-4-5-13-30(27)23-32)50-46(52-47)33-21-22-36-31(24-33)19-18-28-10-6-7-14-35(28)36/h1-26H. The van der Waals surface area contributed by atoms with Gasteiger partial charge in [0.15, 0.2) is 23.1 Å². The van der Waals surface area contributed by atoms with Gasteiger partial charge in [0.1, 0.15) is 16.7 Å². The Bertz CT molecular complexity index is 3460. The van der Waals surface area contributed by atoms with E-state index in [1.807, 2.05) is 48.5 Å². The predicted octanol–water partition coefficient (Wildman–Crippen LogP) is 12.6. The van der Waals surface area contributed by atoms with E-state index < -0.39 is 0 Å². The topological polar surface area (TPSA) is 77.8 Å². The third kappa shape index (κ3) is 4.34. The van der Waals surface area contributed by atoms with Gasteiger partial charge in [0.05, 0.1) is 0 Å². The van der Waals surface area contributed by atoms with Crippen LogP contribution in [0.3, 0.4) is 0 Å². The fraction of sp³-hybridized carbons (Fsp3) is 0. The first kappa shape index (κ1) is 29.2. The first-order valence-electron chi connectivity index (χ1n) is 18.0. The fourth-order valence-corrected chi connectivity index (χ4v) is 8.08. The van der Waals surface area contributed by atoms with Crippen molar-refractivity contribution in [2.24, 2.45) is 0 Å². The van der Waals surface area contributed by atoms with Gasteiger partial charge in [-0.3, -0.25) is 0 Å². The molecule has 0 fully saturated rings. The number of benzene rings is 9. The highest BCUT2D eigenvalue weighted by Crippen LogP contribution is 2.45. The molecule has 0 amide bonds. The van der Waals surface area contributed by atoms with Gasteiger partial charge in [-0.15, -0.1) is 0 Å². The molecular formula is C48H26N4O2. The van der Waals surface area contributed by atoms with Crippen LogP contribution in [0.2, 0.25) is 0 Å². The number of nitrogens with zero attached hydrogens (tertiary/aromatic N) is 4. The molecule has 3 aromatic heterocycles. The minimum atomic E-state index is 0.541. The quantitative estimate of drug-likeness (QED) is 0.171. The Kier molecular flexibility index (Phi) is 5.96. The van der Waals surface area contributed by atoms with Gasteiger partial charge in [0.25, 0.3) is 0 Å². The lowest BCUT2D eigenvalue weighted by Crippen LogP contribution is -2.00. The molecule has 0 radical (unpaired) electrons. The van der Waals surface area contributed by atoms with Crippen LogP contribution in [0.15, 0.2) is 167 Å². The van der Waals surface area contributed by atoms with Crippen molar-refractivity contribution in [3.05, 3.63) is 158 Å². The number of hydrogen-bond acceptors (Lipinski definition) is 6. The van der Waals surface area contributed by atoms with Crippen molar-refractivity contribution in [1.29, 1.82) is 0 Å². The van der Waals surface area contributed by atoms with Crippen LogP contribution >= 0.6 is 0 Å². The average Bonchev–Trinajstić information content (AvgIpc) is 3.86. The maximum atomic E-state index is 6.55. The summed E-state index contributed by atoms with van der Waals surface area (Å²) in [6, 6.07) is 54.2. The van der Waals surface area contributed by atoms with Gasteiger partial charge in [0.2, 0.25) is 5.89 Å². The summed E-state index contributed by atoms with van der Waals surface area (Å²) in [5.74, 6) is 2.30. The molecule has 0 aliphatic rings. The molecule has 0 saturated carbocycles. The second-order valence-corrected chi connectivity index (χ2v) is 13.8. The second-order valence-electron chi connectivity index (χ2n) is 13.8. The lowest BCUT2D eigenvalue weighted by atomic mass is 9.98. The molecular weight excluding hydrogens is 665 g/mol. The van der Waals surface area contributed by atoms with Gasteiger partial charge in [-0.25, -0.2) is 19.9 Å². The van der Waals surface area contributed by atoms with Crippen LogP contribution in [0.5, 0.6) is 0 Å². The Morgan fingerprint density at radius 2 is 0.963 bits per heavy atom. The molecule has 6 heteroatoms. The molecule has 12 aromatic rings. The van der Waals surface area contributed by atoms with Crippen molar-refractivity contribution in [3.63, 3.8) is 0 Å². The zero-order valence-electron chi connectivity index (χ0n) is 28.6. The third-order valence-electron chi connectivity index (χ3n) is 10.7. The largest absolute Gasteiger partial charge is 0.456 e. The molecule has 0 unspecified atom stereocenters. The minimum Gasteiger partial charge on any atom is -0.456 e. The maximum absolute atomic E-state index is 6.55. The Labute approximate surface area is 307 Å². The average molecular weight is 691 g/mol. The molecule has 0 aliphatic carbocycles. The van der Waals surface area contributed by atoms with Crippen LogP contribution in [0.1, 0.15) is 0 Å². The number of oxazole rings is 1. The summed E-state index contributed by atoms with van der Waals surface area (Å²) in [4.78, 5) is 20.6. The zero-order chi connectivity index (χ0) is 35.3. The van der Waals surface area contributed by atoms with Crippen LogP contribution in [-0.2, 0) is 0 Å². The summed E-state index contributed by atoms with van der Waals surface area (Å²) in [6.07, 6.45) is 0. The van der Waals surface area contributed by atoms with Crippen LogP contribution in [0.25, 0.3) is 122 Å². The van der Waals surface area contributed by atoms with Gasteiger partial charge < -0.3 is 8.83 Å². The van der Waals surface area contributed by atoms with Crippen molar-refractivity contribution in [2.75, 3.05) is 0 Å². The van der Waals surface area contributed by atoms with Crippen molar-refractivity contribution in [3.8, 4) is 45.6 Å². The van der Waals surface area contributed by atoms with Gasteiger partial charge in [-0.05, 0) is 74.8 Å². The van der Waals surface area contributed by atoms with Crippen LogP contribution in [-0.4, -0.2) is 19.9 Å². The lowest BCUT2D eigenvalue weighted by molar-refractivity contribution is 0.623. The molecule has 0 saturated heterocycles. The molecule has 9 aromatic carbocycles. The Hall–Kier alpha value is -7.44. The van der Waals surface area contributed by atoms with Crippen molar-refractivity contribution in [2.45, 2.75) is 0 Å². The predicted molar refractivity (Wildman–Crippen MR) is 218 cm³/mol. The van der Waals surface area contributed by atoms with Crippen molar-refractivity contribution in [1.82, 2.24) is 19.9 Å². The maximum Gasteiger partial charge on any atom is 0.227 e. The molecule has 12 rings (SSSR count). The number of furan rings is 1. The fourth-order valence-electron chi connectivity index (χ4n) is 8.08. The lowest BCUT2D eigenvalue weighted by Gasteiger charge is -2.11. The van der Waals surface area contributed by atoms with Crippen molar-refractivity contribution < 1.29 is 8.83 Å². The third-order valence-corrected chi connectivity index (χ3v) is 10.7. The molecule has 3 heterocycles. The van der Waals surface area contributed by atoms with Gasteiger partial charge in [0, 0.05) is 43.8 Å². The van der Waals surface area contributed by atoms with Crippen molar-refractivity contribution >= 4 is 76.1 Å². The van der Waals surface area contributed by atoms with E-state index in [0.717, 1.165) is 82.2 Å². The normalized spacial score (nSPS) is 12.1. The van der Waals surface area contributed by atoms with E-state index >= 15 is 0 Å². The molecule has 54 heavy (non-hydrogen) atoms. The molecule has 0 atom stereocenters. The zero-order valence-corrected chi connectivity index (χ0v) is 28.6. The van der Waals surface area contributed by atoms with E-state index in [4.69, 9.17) is 28.8 Å². The Balaban J connectivity index is 1.11. The van der Waals surface area contributed by atoms with E-state index in [-0.39, 0.29) is 0 Å². The first-order valence-corrected chi connectivity index (χ1v) is 18.0. The van der Waals surface area contributed by atoms with E-state index in [0.29, 0.717) is 23.4 Å². The summed E-state index contributed by atoms with van der Waals surface area (Å²) in [5.41, 5.74) is 6.57. The van der Waals surface area contributed by atoms with Gasteiger partial charge >= 0.3 is 0 Å². The summed E-state index contributed by atoms with van der Waals surface area (Å²) in [6.45, 7) is 0. The Morgan fingerprint density at radius 3 is 1.81 bits per heavy atom. The van der Waals surface area contributed by atoms with E-state index in [1.165, 1.54) is 16.2 Å². The molecule has 0 bridgehead atoms. The van der Waals surface area contributed by atoms with Crippen LogP contribution in [0, 0.1) is 0 Å². The van der Waals surface area contributed by atoms with E-state index in [2.05, 4.69) is 109 Å². The molecule has 6 nitrogen and oxygen atoms in total. The number of rotatable bonds is 4. The highest BCUT2D eigenvalue weighted by Gasteiger charge is 2.24. The first-order chi connectivity index (χ1) is 26.7. The minimum absolute atomic E-state index is 0.541.